The molecule has 0 spiro atoms. The number of thiazole rings is 1. The molecule has 0 aliphatic carbocycles. The molecule has 4 heteroatoms. The Hall–Kier alpha value is -0.0600. The van der Waals surface area contributed by atoms with E-state index in [1.165, 1.54) is 47.9 Å². The summed E-state index contributed by atoms with van der Waals surface area (Å²) in [4.78, 5) is 8.57. The molecule has 0 radical (unpaired) electrons. The minimum atomic E-state index is 0.758. The zero-order valence-corrected chi connectivity index (χ0v) is 12.5. The van der Waals surface area contributed by atoms with E-state index in [0.29, 0.717) is 0 Å². The number of likely N-dealkylation sites (tertiary alicyclic amines) is 1. The predicted octanol–water partition coefficient (Wildman–Crippen LogP) is 3.30. The number of hydrogen-bond donors (Lipinski definition) is 1. The topological polar surface area (TPSA) is 16.1 Å². The van der Waals surface area contributed by atoms with Gasteiger partial charge in [-0.2, -0.15) is 12.6 Å². The molecule has 0 N–H and O–H groups in total. The summed E-state index contributed by atoms with van der Waals surface area (Å²) in [7, 11) is 0. The first-order valence-corrected chi connectivity index (χ1v) is 7.95. The molecular weight excluding hydrogens is 248 g/mol. The van der Waals surface area contributed by atoms with E-state index in [9.17, 15) is 0 Å². The van der Waals surface area contributed by atoms with Crippen molar-refractivity contribution in [3.63, 3.8) is 0 Å². The molecule has 1 unspecified atom stereocenters. The van der Waals surface area contributed by atoms with Crippen LogP contribution in [0, 0.1) is 6.92 Å². The van der Waals surface area contributed by atoms with Crippen LogP contribution < -0.4 is 0 Å². The van der Waals surface area contributed by atoms with Crippen molar-refractivity contribution < 1.29 is 0 Å². The molecule has 1 atom stereocenters. The fourth-order valence-electron chi connectivity index (χ4n) is 2.47. The SMILES string of the molecule is Cc1nc(CCN2CCCCC2C)sc1CS. The van der Waals surface area contributed by atoms with Crippen LogP contribution in [-0.2, 0) is 12.2 Å². The normalized spacial score (nSPS) is 21.9. The van der Waals surface area contributed by atoms with E-state index in [1.54, 1.807) is 0 Å². The first kappa shape index (κ1) is 13.4. The van der Waals surface area contributed by atoms with Crippen molar-refractivity contribution >= 4 is 24.0 Å². The lowest BCUT2D eigenvalue weighted by Gasteiger charge is -2.33. The second kappa shape index (κ2) is 6.21. The highest BCUT2D eigenvalue weighted by molar-refractivity contribution is 7.79. The Morgan fingerprint density at radius 1 is 1.47 bits per heavy atom. The van der Waals surface area contributed by atoms with Gasteiger partial charge in [0.2, 0.25) is 0 Å². The molecule has 1 aliphatic heterocycles. The first-order valence-electron chi connectivity index (χ1n) is 6.51. The first-order chi connectivity index (χ1) is 8.20. The Kier molecular flexibility index (Phi) is 4.88. The van der Waals surface area contributed by atoms with Crippen molar-refractivity contribution in [2.24, 2.45) is 0 Å². The number of aryl methyl sites for hydroxylation is 1. The number of rotatable bonds is 4. The third-order valence-electron chi connectivity index (χ3n) is 3.63. The van der Waals surface area contributed by atoms with Crippen LogP contribution in [0.1, 0.15) is 41.8 Å². The van der Waals surface area contributed by atoms with Gasteiger partial charge in [0.15, 0.2) is 0 Å². The number of piperidine rings is 1. The Morgan fingerprint density at radius 2 is 2.29 bits per heavy atom. The van der Waals surface area contributed by atoms with Crippen molar-refractivity contribution in [2.75, 3.05) is 13.1 Å². The van der Waals surface area contributed by atoms with Gasteiger partial charge in [0, 0.05) is 29.6 Å². The highest BCUT2D eigenvalue weighted by atomic mass is 32.1. The van der Waals surface area contributed by atoms with Crippen molar-refractivity contribution in [3.05, 3.63) is 15.6 Å². The van der Waals surface area contributed by atoms with Gasteiger partial charge < -0.3 is 4.90 Å². The fraction of sp³-hybridized carbons (Fsp3) is 0.769. The largest absolute Gasteiger partial charge is 0.300 e. The number of aromatic nitrogens is 1. The zero-order chi connectivity index (χ0) is 12.3. The van der Waals surface area contributed by atoms with Gasteiger partial charge in [0.1, 0.15) is 0 Å². The molecule has 2 rings (SSSR count). The maximum atomic E-state index is 4.63. The van der Waals surface area contributed by atoms with Gasteiger partial charge in [-0.05, 0) is 33.2 Å². The second-order valence-corrected chi connectivity index (χ2v) is 6.39. The number of thiol groups is 1. The van der Waals surface area contributed by atoms with Crippen molar-refractivity contribution in [1.29, 1.82) is 0 Å². The van der Waals surface area contributed by atoms with Gasteiger partial charge in [-0.1, -0.05) is 6.42 Å². The maximum Gasteiger partial charge on any atom is 0.0944 e. The Labute approximate surface area is 114 Å². The predicted molar refractivity (Wildman–Crippen MR) is 78.1 cm³/mol. The molecule has 0 saturated carbocycles. The Balaban J connectivity index is 1.88. The van der Waals surface area contributed by atoms with Crippen LogP contribution in [0.25, 0.3) is 0 Å². The Bertz CT molecular complexity index is 362. The highest BCUT2D eigenvalue weighted by Gasteiger charge is 2.18. The molecule has 2 heterocycles. The fourth-order valence-corrected chi connectivity index (χ4v) is 3.81. The quantitative estimate of drug-likeness (QED) is 0.845. The molecule has 0 amide bonds. The number of nitrogens with zero attached hydrogens (tertiary/aromatic N) is 2. The standard InChI is InChI=1S/C13H22N2S2/c1-10-5-3-4-7-15(10)8-6-13-14-11(2)12(9-16)17-13/h10,16H,3-9H2,1-2H3. The highest BCUT2D eigenvalue weighted by Crippen LogP contribution is 2.22. The third-order valence-corrected chi connectivity index (χ3v) is 5.38. The molecule has 1 fully saturated rings. The summed E-state index contributed by atoms with van der Waals surface area (Å²) in [6.07, 6.45) is 5.23. The molecule has 96 valence electrons. The van der Waals surface area contributed by atoms with Crippen LogP contribution in [0.4, 0.5) is 0 Å². The molecule has 1 saturated heterocycles. The molecule has 1 aromatic heterocycles. The lowest BCUT2D eigenvalue weighted by Crippen LogP contribution is -2.38. The summed E-state index contributed by atoms with van der Waals surface area (Å²) in [6.45, 7) is 6.88. The van der Waals surface area contributed by atoms with Crippen LogP contribution in [0.15, 0.2) is 0 Å². The summed E-state index contributed by atoms with van der Waals surface area (Å²) < 4.78 is 0. The summed E-state index contributed by atoms with van der Waals surface area (Å²) in [5.74, 6) is 0.823. The molecular formula is C13H22N2S2. The van der Waals surface area contributed by atoms with Gasteiger partial charge in [-0.3, -0.25) is 0 Å². The van der Waals surface area contributed by atoms with E-state index in [4.69, 9.17) is 0 Å². The van der Waals surface area contributed by atoms with Crippen LogP contribution in [0.2, 0.25) is 0 Å². The molecule has 2 nitrogen and oxygen atoms in total. The van der Waals surface area contributed by atoms with Crippen molar-refractivity contribution in [1.82, 2.24) is 9.88 Å². The van der Waals surface area contributed by atoms with E-state index in [-0.39, 0.29) is 0 Å². The van der Waals surface area contributed by atoms with Crippen LogP contribution in [0.5, 0.6) is 0 Å². The van der Waals surface area contributed by atoms with E-state index >= 15 is 0 Å². The zero-order valence-electron chi connectivity index (χ0n) is 10.8. The summed E-state index contributed by atoms with van der Waals surface area (Å²) in [5, 5.41) is 1.28. The van der Waals surface area contributed by atoms with Crippen LogP contribution in [-0.4, -0.2) is 29.0 Å². The summed E-state index contributed by atoms with van der Waals surface area (Å²) in [6, 6.07) is 0.758. The number of hydrogen-bond acceptors (Lipinski definition) is 4. The summed E-state index contributed by atoms with van der Waals surface area (Å²) >= 11 is 6.17. The molecule has 0 aromatic carbocycles. The third kappa shape index (κ3) is 3.46. The molecule has 1 aliphatic rings. The average Bonchev–Trinajstić information content (AvgIpc) is 2.69. The van der Waals surface area contributed by atoms with E-state index in [2.05, 4.69) is 36.4 Å². The van der Waals surface area contributed by atoms with Gasteiger partial charge in [-0.15, -0.1) is 11.3 Å². The minimum absolute atomic E-state index is 0.758. The van der Waals surface area contributed by atoms with Crippen molar-refractivity contribution in [2.45, 2.75) is 51.3 Å². The van der Waals surface area contributed by atoms with Crippen molar-refractivity contribution in [3.8, 4) is 0 Å². The van der Waals surface area contributed by atoms with Gasteiger partial charge >= 0.3 is 0 Å². The summed E-state index contributed by atoms with van der Waals surface area (Å²) in [5.41, 5.74) is 1.17. The molecule has 17 heavy (non-hydrogen) atoms. The van der Waals surface area contributed by atoms with Gasteiger partial charge in [-0.25, -0.2) is 4.98 Å². The smallest absolute Gasteiger partial charge is 0.0944 e. The maximum absolute atomic E-state index is 4.63. The van der Waals surface area contributed by atoms with E-state index < -0.39 is 0 Å². The lowest BCUT2D eigenvalue weighted by molar-refractivity contribution is 0.163. The van der Waals surface area contributed by atoms with Crippen LogP contribution in [0.3, 0.4) is 0 Å². The monoisotopic (exact) mass is 270 g/mol. The average molecular weight is 270 g/mol. The molecule has 1 aromatic rings. The van der Waals surface area contributed by atoms with E-state index in [0.717, 1.165) is 18.2 Å². The van der Waals surface area contributed by atoms with Gasteiger partial charge in [0.25, 0.3) is 0 Å². The second-order valence-electron chi connectivity index (χ2n) is 4.91. The van der Waals surface area contributed by atoms with Gasteiger partial charge in [0.05, 0.1) is 10.7 Å². The van der Waals surface area contributed by atoms with Crippen LogP contribution >= 0.6 is 24.0 Å². The Morgan fingerprint density at radius 3 is 2.94 bits per heavy atom. The molecule has 0 bridgehead atoms. The lowest BCUT2D eigenvalue weighted by atomic mass is 10.0. The minimum Gasteiger partial charge on any atom is -0.300 e. The van der Waals surface area contributed by atoms with E-state index in [1.807, 2.05) is 11.3 Å².